The Bertz CT molecular complexity index is 366. The van der Waals surface area contributed by atoms with E-state index in [9.17, 15) is 5.11 Å². The van der Waals surface area contributed by atoms with E-state index in [1.807, 2.05) is 13.3 Å². The van der Waals surface area contributed by atoms with Gasteiger partial charge in [0.1, 0.15) is 6.23 Å². The molecule has 0 aromatic carbocycles. The summed E-state index contributed by atoms with van der Waals surface area (Å²) in [5, 5.41) is 14.2. The number of unbranched alkanes of at least 4 members (excludes halogenated alkanes) is 13. The Kier molecular flexibility index (Phi) is 18.5. The van der Waals surface area contributed by atoms with Gasteiger partial charge in [0.05, 0.1) is 19.4 Å². The third-order valence-corrected chi connectivity index (χ3v) is 5.78. The first-order valence-electron chi connectivity index (χ1n) is 11.9. The van der Waals surface area contributed by atoms with Crippen molar-refractivity contribution in [2.75, 3.05) is 13.1 Å². The molecule has 0 saturated heterocycles. The van der Waals surface area contributed by atoms with Crippen LogP contribution in [0.3, 0.4) is 0 Å². The van der Waals surface area contributed by atoms with Crippen LogP contribution in [0.1, 0.15) is 117 Å². The maximum absolute atomic E-state index is 10.1. The van der Waals surface area contributed by atoms with E-state index in [1.165, 1.54) is 89.9 Å². The van der Waals surface area contributed by atoms with Crippen LogP contribution in [0, 0.1) is 0 Å². The van der Waals surface area contributed by atoms with Crippen molar-refractivity contribution in [3.8, 4) is 0 Å². The molecule has 2 atom stereocenters. The van der Waals surface area contributed by atoms with Crippen LogP contribution in [0.4, 0.5) is 0 Å². The first kappa shape index (κ1) is 27.7. The van der Waals surface area contributed by atoms with E-state index < -0.39 is 6.23 Å². The molecular weight excluding hydrogens is 370 g/mol. The van der Waals surface area contributed by atoms with Gasteiger partial charge in [-0.3, -0.25) is 10.0 Å². The van der Waals surface area contributed by atoms with Crippen molar-refractivity contribution in [1.29, 1.82) is 0 Å². The van der Waals surface area contributed by atoms with E-state index >= 15 is 0 Å². The molecule has 0 fully saturated rings. The monoisotopic (exact) mass is 417 g/mol. The lowest BCUT2D eigenvalue weighted by Crippen LogP contribution is -2.51. The van der Waals surface area contributed by atoms with Gasteiger partial charge in [0.15, 0.2) is 0 Å². The largest absolute Gasteiger partial charge is 0.377 e. The van der Waals surface area contributed by atoms with Gasteiger partial charge in [0.25, 0.3) is 0 Å². The summed E-state index contributed by atoms with van der Waals surface area (Å²) in [6.07, 6.45) is 22.2. The molecule has 1 aliphatic heterocycles. The minimum absolute atomic E-state index is 0. The summed E-state index contributed by atoms with van der Waals surface area (Å²) in [5.41, 5.74) is 0. The lowest BCUT2D eigenvalue weighted by atomic mass is 10.0. The summed E-state index contributed by atoms with van der Waals surface area (Å²) < 4.78 is 0. The molecule has 1 rings (SSSR count). The predicted molar refractivity (Wildman–Crippen MR) is 125 cm³/mol. The molecule has 4 nitrogen and oxygen atoms in total. The summed E-state index contributed by atoms with van der Waals surface area (Å²) in [4.78, 5) is 4.27. The van der Waals surface area contributed by atoms with Gasteiger partial charge in [-0.25, -0.2) is 0 Å². The number of halogens is 1. The molecule has 0 radical (unpaired) electrons. The quantitative estimate of drug-likeness (QED) is 0.202. The molecule has 0 aromatic rings. The van der Waals surface area contributed by atoms with Gasteiger partial charge in [-0.2, -0.15) is 5.01 Å². The number of hydrogen-bond acceptors (Lipinski definition) is 4. The summed E-state index contributed by atoms with van der Waals surface area (Å²) >= 11 is 0. The molecule has 1 N–H and O–H groups in total. The molecule has 168 valence electrons. The van der Waals surface area contributed by atoms with Gasteiger partial charge >= 0.3 is 0 Å². The van der Waals surface area contributed by atoms with Crippen LogP contribution in [-0.4, -0.2) is 46.8 Å². The van der Waals surface area contributed by atoms with E-state index in [2.05, 4.69) is 28.9 Å². The number of hydrazine groups is 1. The van der Waals surface area contributed by atoms with E-state index in [1.54, 1.807) is 0 Å². The van der Waals surface area contributed by atoms with Crippen molar-refractivity contribution in [3.05, 3.63) is 0 Å². The first-order chi connectivity index (χ1) is 13.2. The van der Waals surface area contributed by atoms with Gasteiger partial charge in [-0.15, -0.1) is 12.4 Å². The predicted octanol–water partition coefficient (Wildman–Crippen LogP) is 6.57. The Morgan fingerprint density at radius 2 is 1.32 bits per heavy atom. The van der Waals surface area contributed by atoms with Gasteiger partial charge in [0, 0.05) is 6.04 Å². The van der Waals surface area contributed by atoms with Gasteiger partial charge < -0.3 is 5.11 Å². The molecule has 0 aliphatic carbocycles. The number of aliphatic imine (C=N–C) groups is 1. The van der Waals surface area contributed by atoms with Crippen LogP contribution in [0.2, 0.25) is 0 Å². The fourth-order valence-electron chi connectivity index (χ4n) is 4.15. The van der Waals surface area contributed by atoms with E-state index in [0.717, 1.165) is 19.5 Å². The van der Waals surface area contributed by atoms with Gasteiger partial charge in [-0.1, -0.05) is 96.8 Å². The lowest BCUT2D eigenvalue weighted by Gasteiger charge is -2.38. The second-order valence-corrected chi connectivity index (χ2v) is 8.43. The number of aliphatic hydroxyl groups excluding tert-OH is 1. The number of rotatable bonds is 18. The normalized spacial score (nSPS) is 15.8. The molecule has 5 heteroatoms. The molecule has 1 heterocycles. The summed E-state index contributed by atoms with van der Waals surface area (Å²) in [7, 11) is 0. The van der Waals surface area contributed by atoms with Crippen molar-refractivity contribution in [1.82, 2.24) is 10.0 Å². The fourth-order valence-corrected chi connectivity index (χ4v) is 4.15. The minimum atomic E-state index is -0.448. The number of hydrogen-bond donors (Lipinski definition) is 1. The van der Waals surface area contributed by atoms with Crippen LogP contribution >= 0.6 is 12.4 Å². The Morgan fingerprint density at radius 1 is 0.857 bits per heavy atom. The Morgan fingerprint density at radius 3 is 1.71 bits per heavy atom. The molecule has 0 bridgehead atoms. The molecule has 1 aliphatic rings. The average molecular weight is 418 g/mol. The zero-order valence-electron chi connectivity index (χ0n) is 18.9. The third-order valence-electron chi connectivity index (χ3n) is 5.78. The van der Waals surface area contributed by atoms with Crippen LogP contribution in [0.5, 0.6) is 0 Å². The standard InChI is InChI=1S/C23H47N3O.ClH/c1-4-5-6-7-8-9-10-11-12-13-14-15-16-17-18-22(2)26(23(3)27)25-20-19-24-21-25;/h21-23,27H,4-20H2,1-3H3;1H. The third kappa shape index (κ3) is 13.0. The van der Waals surface area contributed by atoms with Crippen molar-refractivity contribution in [2.24, 2.45) is 4.99 Å². The highest BCUT2D eigenvalue weighted by Crippen LogP contribution is 2.17. The second kappa shape index (κ2) is 18.7. The maximum atomic E-state index is 10.1. The molecule has 0 spiro atoms. The van der Waals surface area contributed by atoms with Crippen LogP contribution in [0.15, 0.2) is 4.99 Å². The highest BCUT2D eigenvalue weighted by molar-refractivity contribution is 5.85. The minimum Gasteiger partial charge on any atom is -0.377 e. The molecule has 0 aromatic heterocycles. The van der Waals surface area contributed by atoms with Crippen molar-refractivity contribution < 1.29 is 5.11 Å². The van der Waals surface area contributed by atoms with E-state index in [-0.39, 0.29) is 12.4 Å². The Balaban J connectivity index is 0.00000729. The molecular formula is C23H48ClN3O. The van der Waals surface area contributed by atoms with Crippen LogP contribution in [0.25, 0.3) is 0 Å². The highest BCUT2D eigenvalue weighted by Gasteiger charge is 2.24. The van der Waals surface area contributed by atoms with Crippen LogP contribution in [-0.2, 0) is 0 Å². The Labute approximate surface area is 181 Å². The molecule has 0 saturated carbocycles. The van der Waals surface area contributed by atoms with Gasteiger partial charge in [-0.05, 0) is 20.3 Å². The molecule has 2 unspecified atom stereocenters. The second-order valence-electron chi connectivity index (χ2n) is 8.43. The topological polar surface area (TPSA) is 39.1 Å². The number of nitrogens with zero attached hydrogens (tertiary/aromatic N) is 3. The van der Waals surface area contributed by atoms with Crippen molar-refractivity contribution in [3.63, 3.8) is 0 Å². The first-order valence-corrected chi connectivity index (χ1v) is 11.9. The van der Waals surface area contributed by atoms with Crippen LogP contribution < -0.4 is 0 Å². The van der Waals surface area contributed by atoms with Crippen molar-refractivity contribution >= 4 is 18.7 Å². The number of aliphatic hydroxyl groups is 1. The summed E-state index contributed by atoms with van der Waals surface area (Å²) in [6, 6.07) is 0.367. The lowest BCUT2D eigenvalue weighted by molar-refractivity contribution is -0.112. The maximum Gasteiger partial charge on any atom is 0.121 e. The zero-order chi connectivity index (χ0) is 19.7. The Hall–Kier alpha value is -0.320. The van der Waals surface area contributed by atoms with E-state index in [4.69, 9.17) is 0 Å². The molecule has 28 heavy (non-hydrogen) atoms. The summed E-state index contributed by atoms with van der Waals surface area (Å²) in [6.45, 7) is 8.10. The summed E-state index contributed by atoms with van der Waals surface area (Å²) in [5.74, 6) is 0. The van der Waals surface area contributed by atoms with Crippen molar-refractivity contribution in [2.45, 2.75) is 129 Å². The zero-order valence-corrected chi connectivity index (χ0v) is 19.8. The SMILES string of the molecule is CCCCCCCCCCCCCCCCC(C)N(C(C)O)N1C=NCC1.Cl. The molecule has 0 amide bonds. The highest BCUT2D eigenvalue weighted by atomic mass is 35.5. The van der Waals surface area contributed by atoms with E-state index in [0.29, 0.717) is 6.04 Å². The average Bonchev–Trinajstić information content (AvgIpc) is 3.16. The smallest absolute Gasteiger partial charge is 0.121 e. The van der Waals surface area contributed by atoms with Gasteiger partial charge in [0.2, 0.25) is 0 Å². The fraction of sp³-hybridized carbons (Fsp3) is 0.957.